The summed E-state index contributed by atoms with van der Waals surface area (Å²) in [5, 5.41) is 0. The van der Waals surface area contributed by atoms with E-state index in [1.54, 1.807) is 6.07 Å². The Hall–Kier alpha value is -2.23. The van der Waals surface area contributed by atoms with Gasteiger partial charge in [-0.05, 0) is 17.7 Å². The van der Waals surface area contributed by atoms with Crippen LogP contribution in [0.4, 0.5) is 8.78 Å². The first-order chi connectivity index (χ1) is 9.66. The van der Waals surface area contributed by atoms with Crippen molar-refractivity contribution in [3.05, 3.63) is 65.2 Å². The fraction of sp³-hybridized carbons (Fsp3) is 0.188. The number of rotatable bonds is 3. The predicted molar refractivity (Wildman–Crippen MR) is 69.7 cm³/mol. The molecule has 2 aromatic rings. The zero-order chi connectivity index (χ0) is 14.1. The Morgan fingerprint density at radius 1 is 1.15 bits per heavy atom. The molecule has 1 unspecified atom stereocenters. The Morgan fingerprint density at radius 2 is 1.95 bits per heavy atom. The van der Waals surface area contributed by atoms with E-state index in [9.17, 15) is 13.6 Å². The van der Waals surface area contributed by atoms with E-state index in [-0.39, 0.29) is 24.4 Å². The van der Waals surface area contributed by atoms with Crippen molar-refractivity contribution in [3.63, 3.8) is 0 Å². The molecule has 1 aliphatic heterocycles. The van der Waals surface area contributed by atoms with Crippen molar-refractivity contribution in [1.82, 2.24) is 0 Å². The standard InChI is InChI=1S/C16H12F2O2/c17-13-6-3-4-10(16(13)18)8-14(19)12-9-20-15-7-2-1-5-11(12)15/h1-7,12H,8-9H2. The van der Waals surface area contributed by atoms with Gasteiger partial charge in [-0.3, -0.25) is 4.79 Å². The maximum atomic E-state index is 13.6. The largest absolute Gasteiger partial charge is 0.492 e. The van der Waals surface area contributed by atoms with Gasteiger partial charge in [0.15, 0.2) is 11.6 Å². The lowest BCUT2D eigenvalue weighted by Gasteiger charge is -2.08. The van der Waals surface area contributed by atoms with E-state index in [0.29, 0.717) is 5.75 Å². The van der Waals surface area contributed by atoms with Crippen LogP contribution in [0.25, 0.3) is 0 Å². The van der Waals surface area contributed by atoms with Gasteiger partial charge in [-0.2, -0.15) is 0 Å². The average molecular weight is 274 g/mol. The van der Waals surface area contributed by atoms with E-state index >= 15 is 0 Å². The minimum Gasteiger partial charge on any atom is -0.492 e. The monoisotopic (exact) mass is 274 g/mol. The molecule has 1 heterocycles. The second kappa shape index (κ2) is 5.04. The summed E-state index contributed by atoms with van der Waals surface area (Å²) in [6.45, 7) is 0.259. The molecule has 0 amide bonds. The average Bonchev–Trinajstić information content (AvgIpc) is 2.88. The van der Waals surface area contributed by atoms with Gasteiger partial charge in [0.2, 0.25) is 0 Å². The summed E-state index contributed by atoms with van der Waals surface area (Å²) >= 11 is 0. The number of fused-ring (bicyclic) bond motifs is 1. The molecule has 1 aliphatic rings. The number of hydrogen-bond acceptors (Lipinski definition) is 2. The maximum absolute atomic E-state index is 13.6. The summed E-state index contributed by atoms with van der Waals surface area (Å²) < 4.78 is 32.2. The summed E-state index contributed by atoms with van der Waals surface area (Å²) in [5.41, 5.74) is 0.897. The number of carbonyl (C=O) groups is 1. The summed E-state index contributed by atoms with van der Waals surface area (Å²) in [5.74, 6) is -1.77. The zero-order valence-electron chi connectivity index (χ0n) is 10.6. The highest BCUT2D eigenvalue weighted by atomic mass is 19.2. The van der Waals surface area contributed by atoms with Crippen molar-refractivity contribution in [2.45, 2.75) is 12.3 Å². The Kier molecular flexibility index (Phi) is 3.22. The van der Waals surface area contributed by atoms with Crippen molar-refractivity contribution in [2.24, 2.45) is 0 Å². The Bertz CT molecular complexity index is 667. The van der Waals surface area contributed by atoms with Gasteiger partial charge in [-0.25, -0.2) is 8.78 Å². The van der Waals surface area contributed by atoms with Crippen LogP contribution in [0.2, 0.25) is 0 Å². The van der Waals surface area contributed by atoms with Crippen LogP contribution in [0.15, 0.2) is 42.5 Å². The van der Waals surface area contributed by atoms with Gasteiger partial charge in [0.25, 0.3) is 0 Å². The molecular formula is C16H12F2O2. The van der Waals surface area contributed by atoms with Crippen molar-refractivity contribution in [2.75, 3.05) is 6.61 Å². The summed E-state index contributed by atoms with van der Waals surface area (Å²) in [4.78, 5) is 12.3. The number of carbonyl (C=O) groups excluding carboxylic acids is 1. The molecule has 0 radical (unpaired) electrons. The third kappa shape index (κ3) is 2.18. The fourth-order valence-corrected chi connectivity index (χ4v) is 2.43. The molecule has 1 atom stereocenters. The Labute approximate surface area is 115 Å². The summed E-state index contributed by atoms with van der Waals surface area (Å²) in [7, 11) is 0. The first-order valence-corrected chi connectivity index (χ1v) is 6.34. The van der Waals surface area contributed by atoms with E-state index in [0.717, 1.165) is 11.6 Å². The predicted octanol–water partition coefficient (Wildman–Crippen LogP) is 3.25. The Morgan fingerprint density at radius 3 is 2.80 bits per heavy atom. The van der Waals surface area contributed by atoms with Crippen molar-refractivity contribution < 1.29 is 18.3 Å². The quantitative estimate of drug-likeness (QED) is 0.858. The number of ketones is 1. The molecule has 102 valence electrons. The molecule has 20 heavy (non-hydrogen) atoms. The van der Waals surface area contributed by atoms with Gasteiger partial charge in [0.05, 0.1) is 5.92 Å². The van der Waals surface area contributed by atoms with E-state index < -0.39 is 17.6 Å². The molecule has 2 nitrogen and oxygen atoms in total. The molecule has 2 aromatic carbocycles. The summed E-state index contributed by atoms with van der Waals surface area (Å²) in [6, 6.07) is 11.2. The van der Waals surface area contributed by atoms with Crippen molar-refractivity contribution in [1.29, 1.82) is 0 Å². The van der Waals surface area contributed by atoms with Crippen LogP contribution in [0.5, 0.6) is 5.75 Å². The molecule has 0 spiro atoms. The van der Waals surface area contributed by atoms with Crippen LogP contribution in [0.1, 0.15) is 17.0 Å². The third-order valence-corrected chi connectivity index (χ3v) is 3.48. The van der Waals surface area contributed by atoms with Crippen LogP contribution in [-0.2, 0) is 11.2 Å². The SMILES string of the molecule is O=C(Cc1cccc(F)c1F)C1COc2ccccc21. The van der Waals surface area contributed by atoms with Crippen molar-refractivity contribution >= 4 is 5.78 Å². The molecule has 0 aliphatic carbocycles. The number of para-hydroxylation sites is 1. The Balaban J connectivity index is 1.83. The second-order valence-electron chi connectivity index (χ2n) is 4.76. The molecule has 0 saturated carbocycles. The lowest BCUT2D eigenvalue weighted by atomic mass is 9.92. The highest BCUT2D eigenvalue weighted by molar-refractivity contribution is 5.89. The van der Waals surface area contributed by atoms with E-state index in [1.165, 1.54) is 12.1 Å². The van der Waals surface area contributed by atoms with E-state index in [4.69, 9.17) is 4.74 Å². The van der Waals surface area contributed by atoms with E-state index in [2.05, 4.69) is 0 Å². The number of ether oxygens (including phenoxy) is 1. The van der Waals surface area contributed by atoms with Crippen molar-refractivity contribution in [3.8, 4) is 5.75 Å². The molecule has 3 rings (SSSR count). The molecule has 0 fully saturated rings. The fourth-order valence-electron chi connectivity index (χ4n) is 2.43. The van der Waals surface area contributed by atoms with Gasteiger partial charge in [-0.15, -0.1) is 0 Å². The van der Waals surface area contributed by atoms with Gasteiger partial charge >= 0.3 is 0 Å². The van der Waals surface area contributed by atoms with Crippen LogP contribution in [0.3, 0.4) is 0 Å². The topological polar surface area (TPSA) is 26.3 Å². The van der Waals surface area contributed by atoms with E-state index in [1.807, 2.05) is 18.2 Å². The van der Waals surface area contributed by atoms with Gasteiger partial charge in [0.1, 0.15) is 18.1 Å². The molecule has 0 N–H and O–H groups in total. The third-order valence-electron chi connectivity index (χ3n) is 3.48. The lowest BCUT2D eigenvalue weighted by molar-refractivity contribution is -0.120. The van der Waals surface area contributed by atoms with Gasteiger partial charge in [0, 0.05) is 12.0 Å². The van der Waals surface area contributed by atoms with Crippen LogP contribution < -0.4 is 4.74 Å². The number of benzene rings is 2. The molecule has 0 bridgehead atoms. The minimum absolute atomic E-state index is 0.0828. The highest BCUT2D eigenvalue weighted by Crippen LogP contribution is 2.34. The molecule has 0 aromatic heterocycles. The molecular weight excluding hydrogens is 262 g/mol. The zero-order valence-corrected chi connectivity index (χ0v) is 10.6. The first kappa shape index (κ1) is 12.8. The van der Waals surface area contributed by atoms with Crippen LogP contribution in [-0.4, -0.2) is 12.4 Å². The summed E-state index contributed by atoms with van der Waals surface area (Å²) in [6.07, 6.45) is -0.133. The minimum atomic E-state index is -0.951. The second-order valence-corrected chi connectivity index (χ2v) is 4.76. The number of hydrogen-bond donors (Lipinski definition) is 0. The van der Waals surface area contributed by atoms with Gasteiger partial charge < -0.3 is 4.74 Å². The molecule has 4 heteroatoms. The highest BCUT2D eigenvalue weighted by Gasteiger charge is 2.30. The lowest BCUT2D eigenvalue weighted by Crippen LogP contribution is -2.17. The van der Waals surface area contributed by atoms with Crippen LogP contribution in [0, 0.1) is 11.6 Å². The number of Topliss-reactive ketones (excluding diaryl/α,β-unsaturated/α-hetero) is 1. The maximum Gasteiger partial charge on any atom is 0.162 e. The number of halogens is 2. The smallest absolute Gasteiger partial charge is 0.162 e. The first-order valence-electron chi connectivity index (χ1n) is 6.34. The van der Waals surface area contributed by atoms with Crippen LogP contribution >= 0.6 is 0 Å². The van der Waals surface area contributed by atoms with Gasteiger partial charge in [-0.1, -0.05) is 30.3 Å². The normalized spacial score (nSPS) is 16.6. The molecule has 0 saturated heterocycles.